The van der Waals surface area contributed by atoms with Gasteiger partial charge in [-0.15, -0.1) is 0 Å². The Kier molecular flexibility index (Phi) is 8.00. The minimum absolute atomic E-state index is 0.0249. The van der Waals surface area contributed by atoms with E-state index >= 15 is 0 Å². The normalized spacial score (nSPS) is 17.8. The Morgan fingerprint density at radius 3 is 2.26 bits per heavy atom. The number of nitrogens with one attached hydrogen (secondary N) is 2. The Bertz CT molecular complexity index is 1100. The van der Waals surface area contributed by atoms with Crippen LogP contribution in [0.25, 0.3) is 0 Å². The maximum absolute atomic E-state index is 12.8. The van der Waals surface area contributed by atoms with Gasteiger partial charge in [-0.2, -0.15) is 4.31 Å². The lowest BCUT2D eigenvalue weighted by Gasteiger charge is -2.25. The van der Waals surface area contributed by atoms with Crippen LogP contribution in [0.5, 0.6) is 0 Å². The van der Waals surface area contributed by atoms with Gasteiger partial charge in [-0.05, 0) is 61.6 Å². The van der Waals surface area contributed by atoms with Crippen molar-refractivity contribution in [2.75, 3.05) is 18.4 Å². The molecule has 1 heterocycles. The number of hydrogen-bond donors (Lipinski definition) is 2. The fraction of sp³-hybridized carbons (Fsp3) is 0.462. The maximum Gasteiger partial charge on any atom is 0.251 e. The molecule has 4 rings (SSSR count). The zero-order chi connectivity index (χ0) is 24.0. The molecule has 0 aromatic heterocycles. The maximum atomic E-state index is 12.8. The first-order valence-electron chi connectivity index (χ1n) is 12.2. The van der Waals surface area contributed by atoms with Crippen molar-refractivity contribution in [3.8, 4) is 0 Å². The minimum atomic E-state index is -3.46. The summed E-state index contributed by atoms with van der Waals surface area (Å²) in [5.74, 6) is -0.177. The second kappa shape index (κ2) is 11.1. The van der Waals surface area contributed by atoms with E-state index in [2.05, 4.69) is 10.6 Å². The fourth-order valence-electron chi connectivity index (χ4n) is 4.67. The third kappa shape index (κ3) is 6.04. The topological polar surface area (TPSA) is 95.6 Å². The summed E-state index contributed by atoms with van der Waals surface area (Å²) in [6.07, 6.45) is 8.08. The number of amides is 2. The summed E-state index contributed by atoms with van der Waals surface area (Å²) in [6.45, 7) is 1.42. The Balaban J connectivity index is 1.32. The van der Waals surface area contributed by atoms with Gasteiger partial charge in [0.15, 0.2) is 0 Å². The highest BCUT2D eigenvalue weighted by Gasteiger charge is 2.25. The van der Waals surface area contributed by atoms with E-state index in [1.54, 1.807) is 52.8 Å². The van der Waals surface area contributed by atoms with Crippen molar-refractivity contribution in [2.45, 2.75) is 62.8 Å². The van der Waals surface area contributed by atoms with E-state index in [0.29, 0.717) is 24.3 Å². The zero-order valence-electron chi connectivity index (χ0n) is 19.5. The van der Waals surface area contributed by atoms with Gasteiger partial charge in [-0.25, -0.2) is 8.42 Å². The number of anilines is 1. The smallest absolute Gasteiger partial charge is 0.251 e. The summed E-state index contributed by atoms with van der Waals surface area (Å²) in [6, 6.07) is 13.6. The van der Waals surface area contributed by atoms with Gasteiger partial charge in [0, 0.05) is 36.8 Å². The lowest BCUT2D eigenvalue weighted by atomic mass is 9.88. The van der Waals surface area contributed by atoms with Crippen LogP contribution < -0.4 is 10.6 Å². The third-order valence-electron chi connectivity index (χ3n) is 6.70. The van der Waals surface area contributed by atoms with Crippen molar-refractivity contribution in [3.05, 3.63) is 59.7 Å². The van der Waals surface area contributed by atoms with Crippen LogP contribution in [0.2, 0.25) is 0 Å². The number of sulfonamides is 1. The molecule has 7 nitrogen and oxygen atoms in total. The largest absolute Gasteiger partial charge is 0.348 e. The van der Waals surface area contributed by atoms with E-state index < -0.39 is 10.0 Å². The van der Waals surface area contributed by atoms with Crippen LogP contribution in [0.4, 0.5) is 5.69 Å². The molecule has 1 aliphatic carbocycles. The fourth-order valence-corrected chi connectivity index (χ4v) is 6.18. The van der Waals surface area contributed by atoms with Crippen LogP contribution in [0, 0.1) is 5.92 Å². The van der Waals surface area contributed by atoms with Crippen LogP contribution in [-0.4, -0.2) is 37.6 Å². The molecule has 0 bridgehead atoms. The summed E-state index contributed by atoms with van der Waals surface area (Å²) < 4.78 is 27.1. The summed E-state index contributed by atoms with van der Waals surface area (Å²) in [5.41, 5.74) is 1.90. The number of benzene rings is 2. The van der Waals surface area contributed by atoms with Crippen molar-refractivity contribution in [1.29, 1.82) is 0 Å². The minimum Gasteiger partial charge on any atom is -0.348 e. The number of nitrogens with zero attached hydrogens (tertiary/aromatic N) is 1. The van der Waals surface area contributed by atoms with Gasteiger partial charge in [0.1, 0.15) is 0 Å². The molecule has 182 valence electrons. The van der Waals surface area contributed by atoms with E-state index in [9.17, 15) is 18.0 Å². The molecule has 2 aliphatic rings. The molecule has 0 radical (unpaired) electrons. The predicted molar refractivity (Wildman–Crippen MR) is 132 cm³/mol. The first kappa shape index (κ1) is 24.4. The summed E-state index contributed by atoms with van der Waals surface area (Å²) in [5, 5.41) is 5.82. The van der Waals surface area contributed by atoms with Gasteiger partial charge in [0.25, 0.3) is 5.91 Å². The molecular weight excluding hydrogens is 450 g/mol. The molecule has 2 amide bonds. The van der Waals surface area contributed by atoms with Gasteiger partial charge in [0.05, 0.1) is 4.90 Å². The van der Waals surface area contributed by atoms with Crippen LogP contribution in [-0.2, 0) is 21.4 Å². The van der Waals surface area contributed by atoms with Crippen LogP contribution in [0.1, 0.15) is 67.3 Å². The Hall–Kier alpha value is -2.71. The number of rotatable bonds is 7. The van der Waals surface area contributed by atoms with Crippen molar-refractivity contribution in [2.24, 2.45) is 5.92 Å². The van der Waals surface area contributed by atoms with E-state index in [4.69, 9.17) is 0 Å². The van der Waals surface area contributed by atoms with Gasteiger partial charge in [-0.3, -0.25) is 9.59 Å². The number of carbonyl (C=O) groups is 2. The number of piperidine rings is 1. The molecule has 8 heteroatoms. The average molecular weight is 484 g/mol. The molecule has 34 heavy (non-hydrogen) atoms. The van der Waals surface area contributed by atoms with Crippen LogP contribution in [0.15, 0.2) is 53.4 Å². The van der Waals surface area contributed by atoms with E-state index in [1.807, 2.05) is 0 Å². The van der Waals surface area contributed by atoms with Gasteiger partial charge in [0.2, 0.25) is 15.9 Å². The van der Waals surface area contributed by atoms with Crippen molar-refractivity contribution < 1.29 is 18.0 Å². The summed E-state index contributed by atoms with van der Waals surface area (Å²) >= 11 is 0. The first-order chi connectivity index (χ1) is 16.4. The van der Waals surface area contributed by atoms with E-state index in [-0.39, 0.29) is 29.2 Å². The van der Waals surface area contributed by atoms with Crippen molar-refractivity contribution >= 4 is 27.5 Å². The average Bonchev–Trinajstić information content (AvgIpc) is 2.88. The highest BCUT2D eigenvalue weighted by atomic mass is 32.2. The van der Waals surface area contributed by atoms with E-state index in [1.165, 1.54) is 6.42 Å². The van der Waals surface area contributed by atoms with Crippen LogP contribution >= 0.6 is 0 Å². The van der Waals surface area contributed by atoms with Crippen molar-refractivity contribution in [3.63, 3.8) is 0 Å². The lowest BCUT2D eigenvalue weighted by Crippen LogP contribution is -2.35. The molecular formula is C26H33N3O4S. The lowest BCUT2D eigenvalue weighted by molar-refractivity contribution is -0.120. The zero-order valence-corrected chi connectivity index (χ0v) is 20.3. The molecule has 1 aliphatic heterocycles. The Morgan fingerprint density at radius 1 is 0.882 bits per heavy atom. The Labute approximate surface area is 202 Å². The Morgan fingerprint density at radius 2 is 1.56 bits per heavy atom. The highest BCUT2D eigenvalue weighted by Crippen LogP contribution is 2.25. The summed E-state index contributed by atoms with van der Waals surface area (Å²) in [7, 11) is -3.46. The van der Waals surface area contributed by atoms with Crippen molar-refractivity contribution in [1.82, 2.24) is 9.62 Å². The molecule has 2 aromatic rings. The first-order valence-corrected chi connectivity index (χ1v) is 13.7. The standard InChI is InChI=1S/C26H33N3O4S/c30-25(22-10-7-11-23(18-22)28-26(31)21-8-3-1-4-9-21)27-19-20-12-14-24(15-13-20)34(32,33)29-16-5-2-6-17-29/h7,10-15,18,21H,1-6,8-9,16-17,19H2,(H,27,30)(H,28,31). The second-order valence-electron chi connectivity index (χ2n) is 9.20. The van der Waals surface area contributed by atoms with E-state index in [0.717, 1.165) is 50.5 Å². The quantitative estimate of drug-likeness (QED) is 0.613. The van der Waals surface area contributed by atoms with Gasteiger partial charge >= 0.3 is 0 Å². The number of hydrogen-bond acceptors (Lipinski definition) is 4. The highest BCUT2D eigenvalue weighted by molar-refractivity contribution is 7.89. The monoisotopic (exact) mass is 483 g/mol. The van der Waals surface area contributed by atoms with Crippen LogP contribution in [0.3, 0.4) is 0 Å². The van der Waals surface area contributed by atoms with Gasteiger partial charge in [-0.1, -0.05) is 43.9 Å². The molecule has 0 atom stereocenters. The van der Waals surface area contributed by atoms with Gasteiger partial charge < -0.3 is 10.6 Å². The molecule has 1 saturated heterocycles. The molecule has 0 spiro atoms. The number of carbonyl (C=O) groups excluding carboxylic acids is 2. The molecule has 2 fully saturated rings. The summed E-state index contributed by atoms with van der Waals surface area (Å²) in [4.78, 5) is 25.4. The predicted octanol–water partition coefficient (Wildman–Crippen LogP) is 4.31. The second-order valence-corrected chi connectivity index (χ2v) is 11.1. The molecule has 2 aromatic carbocycles. The third-order valence-corrected chi connectivity index (χ3v) is 8.61. The molecule has 2 N–H and O–H groups in total. The molecule has 1 saturated carbocycles. The molecule has 0 unspecified atom stereocenters. The SMILES string of the molecule is O=C(NCc1ccc(S(=O)(=O)N2CCCCC2)cc1)c1cccc(NC(=O)C2CCCCC2)c1.